The Morgan fingerprint density at radius 1 is 1.35 bits per heavy atom. The number of aromatic nitrogens is 1. The highest BCUT2D eigenvalue weighted by Crippen LogP contribution is 2.24. The van der Waals surface area contributed by atoms with E-state index in [0.29, 0.717) is 36.8 Å². The normalized spacial score (nSPS) is 19.8. The third-order valence-electron chi connectivity index (χ3n) is 4.49. The van der Waals surface area contributed by atoms with Crippen LogP contribution < -0.4 is 5.32 Å². The Morgan fingerprint density at radius 3 is 2.81 bits per heavy atom. The fourth-order valence-electron chi connectivity index (χ4n) is 2.72. The summed E-state index contributed by atoms with van der Waals surface area (Å²) in [6.07, 6.45) is 3.08. The highest BCUT2D eigenvalue weighted by molar-refractivity contribution is 7.86. The summed E-state index contributed by atoms with van der Waals surface area (Å²) in [6, 6.07) is 6.15. The highest BCUT2D eigenvalue weighted by atomic mass is 32.2. The Kier molecular flexibility index (Phi) is 5.72. The molecule has 1 aliphatic rings. The monoisotopic (exact) mass is 395 g/mol. The van der Waals surface area contributed by atoms with Crippen LogP contribution in [-0.2, 0) is 17.2 Å². The van der Waals surface area contributed by atoms with Crippen LogP contribution in [-0.4, -0.2) is 43.7 Å². The fraction of sp³-hybridized carbons (Fsp3) is 0.444. The predicted octanol–water partition coefficient (Wildman–Crippen LogP) is 3.64. The first-order chi connectivity index (χ1) is 12.3. The van der Waals surface area contributed by atoms with E-state index in [4.69, 9.17) is 0 Å². The van der Waals surface area contributed by atoms with E-state index >= 15 is 0 Å². The molecule has 1 saturated heterocycles. The fourth-order valence-corrected chi connectivity index (χ4v) is 4.82. The van der Waals surface area contributed by atoms with Crippen LogP contribution in [0.5, 0.6) is 0 Å². The Labute approximate surface area is 159 Å². The van der Waals surface area contributed by atoms with Gasteiger partial charge in [-0.05, 0) is 38.0 Å². The average molecular weight is 396 g/mol. The molecule has 1 aromatic heterocycles. The third kappa shape index (κ3) is 4.67. The van der Waals surface area contributed by atoms with Crippen LogP contribution in [0.25, 0.3) is 0 Å². The number of hydrogen-bond donors (Lipinski definition) is 1. The van der Waals surface area contributed by atoms with Crippen LogP contribution in [0.15, 0.2) is 30.5 Å². The van der Waals surface area contributed by atoms with Crippen molar-refractivity contribution in [1.82, 2.24) is 9.88 Å². The van der Waals surface area contributed by atoms with E-state index in [1.807, 2.05) is 13.8 Å². The van der Waals surface area contributed by atoms with Crippen molar-refractivity contribution in [3.8, 4) is 0 Å². The zero-order valence-electron chi connectivity index (χ0n) is 14.8. The molecule has 3 rings (SSSR count). The van der Waals surface area contributed by atoms with Gasteiger partial charge in [-0.15, -0.1) is 11.3 Å². The molecule has 140 valence electrons. The number of benzene rings is 1. The highest BCUT2D eigenvalue weighted by Gasteiger charge is 2.31. The second-order valence-electron chi connectivity index (χ2n) is 6.91. The van der Waals surface area contributed by atoms with Crippen LogP contribution >= 0.6 is 11.3 Å². The minimum atomic E-state index is -0.933. The number of anilines is 1. The number of hydrogen-bond acceptors (Lipinski definition) is 4. The van der Waals surface area contributed by atoms with Gasteiger partial charge in [0.1, 0.15) is 5.82 Å². The quantitative estimate of drug-likeness (QED) is 0.863. The lowest BCUT2D eigenvalue weighted by atomic mass is 10.1. The van der Waals surface area contributed by atoms with E-state index < -0.39 is 10.8 Å². The molecule has 1 atom stereocenters. The predicted molar refractivity (Wildman–Crippen MR) is 104 cm³/mol. The molecule has 2 aromatic rings. The van der Waals surface area contributed by atoms with Crippen LogP contribution in [0.3, 0.4) is 0 Å². The van der Waals surface area contributed by atoms with E-state index in [1.165, 1.54) is 23.5 Å². The molecule has 1 aromatic carbocycles. The van der Waals surface area contributed by atoms with Crippen LogP contribution in [0, 0.1) is 5.82 Å². The van der Waals surface area contributed by atoms with Crippen molar-refractivity contribution in [2.45, 2.75) is 31.4 Å². The van der Waals surface area contributed by atoms with E-state index in [2.05, 4.69) is 10.3 Å². The zero-order valence-corrected chi connectivity index (χ0v) is 16.5. The number of amides is 2. The number of nitrogens with zero attached hydrogens (tertiary/aromatic N) is 2. The zero-order chi connectivity index (χ0) is 18.7. The first-order valence-corrected chi connectivity index (χ1v) is 10.6. The van der Waals surface area contributed by atoms with Crippen molar-refractivity contribution in [2.24, 2.45) is 0 Å². The van der Waals surface area contributed by atoms with Gasteiger partial charge >= 0.3 is 6.03 Å². The van der Waals surface area contributed by atoms with E-state index in [0.717, 1.165) is 10.4 Å². The van der Waals surface area contributed by atoms with Crippen molar-refractivity contribution in [3.63, 3.8) is 0 Å². The van der Waals surface area contributed by atoms with Gasteiger partial charge in [0.25, 0.3) is 0 Å². The minimum absolute atomic E-state index is 0.206. The lowest BCUT2D eigenvalue weighted by molar-refractivity contribution is 0.214. The topological polar surface area (TPSA) is 62.3 Å². The first kappa shape index (κ1) is 19.0. The molecule has 1 unspecified atom stereocenters. The molecule has 26 heavy (non-hydrogen) atoms. The summed E-state index contributed by atoms with van der Waals surface area (Å²) < 4.78 is 24.9. The number of thiazole rings is 1. The molecular weight excluding hydrogens is 373 g/mol. The summed E-state index contributed by atoms with van der Waals surface area (Å²) in [5, 5.41) is 3.37. The molecule has 0 aliphatic carbocycles. The molecule has 1 N–H and O–H groups in total. The minimum Gasteiger partial charge on any atom is -0.324 e. The Bertz CT molecular complexity index is 805. The summed E-state index contributed by atoms with van der Waals surface area (Å²) in [4.78, 5) is 19.4. The molecule has 0 radical (unpaired) electrons. The Hall–Kier alpha value is -1.80. The van der Waals surface area contributed by atoms with E-state index in [1.54, 1.807) is 23.2 Å². The average Bonchev–Trinajstić information content (AvgIpc) is 2.97. The molecule has 1 fully saturated rings. The van der Waals surface area contributed by atoms with Gasteiger partial charge in [-0.3, -0.25) is 9.53 Å². The maximum atomic E-state index is 13.0. The SMILES string of the molecule is CC1(C)CCN(C(=O)Nc2ncc(Cc3ccc(F)cc3)s2)CCS1=O. The molecule has 0 bridgehead atoms. The molecule has 0 spiro atoms. The lowest BCUT2D eigenvalue weighted by Gasteiger charge is -2.22. The first-order valence-electron chi connectivity index (χ1n) is 8.47. The van der Waals surface area contributed by atoms with Gasteiger partial charge in [-0.2, -0.15) is 0 Å². The number of halogens is 1. The van der Waals surface area contributed by atoms with Crippen molar-refractivity contribution in [1.29, 1.82) is 0 Å². The van der Waals surface area contributed by atoms with Gasteiger partial charge in [0.05, 0.1) is 0 Å². The second kappa shape index (κ2) is 7.84. The smallest absolute Gasteiger partial charge is 0.323 e. The van der Waals surface area contributed by atoms with E-state index in [-0.39, 0.29) is 16.6 Å². The number of rotatable bonds is 3. The van der Waals surface area contributed by atoms with Gasteiger partial charge in [0.15, 0.2) is 5.13 Å². The van der Waals surface area contributed by atoms with E-state index in [9.17, 15) is 13.4 Å². The molecule has 2 heterocycles. The summed E-state index contributed by atoms with van der Waals surface area (Å²) in [5.74, 6) is 0.237. The van der Waals surface area contributed by atoms with Gasteiger partial charge in [-0.25, -0.2) is 14.2 Å². The summed E-state index contributed by atoms with van der Waals surface area (Å²) in [5.41, 5.74) is 0.991. The summed E-state index contributed by atoms with van der Waals surface area (Å²) >= 11 is 1.41. The molecular formula is C18H22FN3O2S2. The van der Waals surface area contributed by atoms with Gasteiger partial charge in [0, 0.05) is 51.9 Å². The molecule has 8 heteroatoms. The molecule has 5 nitrogen and oxygen atoms in total. The van der Waals surface area contributed by atoms with Crippen molar-refractivity contribution >= 4 is 33.3 Å². The summed E-state index contributed by atoms with van der Waals surface area (Å²) in [6.45, 7) is 5.02. The van der Waals surface area contributed by atoms with Crippen molar-refractivity contribution in [3.05, 3.63) is 46.7 Å². The largest absolute Gasteiger partial charge is 0.324 e. The van der Waals surface area contributed by atoms with Crippen LogP contribution in [0.4, 0.5) is 14.3 Å². The molecule has 0 saturated carbocycles. The van der Waals surface area contributed by atoms with Crippen molar-refractivity contribution in [2.75, 3.05) is 24.2 Å². The lowest BCUT2D eigenvalue weighted by Crippen LogP contribution is -2.37. The third-order valence-corrected chi connectivity index (χ3v) is 7.40. The van der Waals surface area contributed by atoms with Gasteiger partial charge in [0.2, 0.25) is 0 Å². The number of carbonyl (C=O) groups is 1. The Morgan fingerprint density at radius 2 is 2.08 bits per heavy atom. The maximum Gasteiger partial charge on any atom is 0.323 e. The number of urea groups is 1. The molecule has 2 amide bonds. The van der Waals surface area contributed by atoms with Crippen LogP contribution in [0.2, 0.25) is 0 Å². The summed E-state index contributed by atoms with van der Waals surface area (Å²) in [7, 11) is -0.933. The van der Waals surface area contributed by atoms with Gasteiger partial charge < -0.3 is 4.90 Å². The Balaban J connectivity index is 1.59. The standard InChI is InChI=1S/C18H22FN3O2S2/c1-18(2)7-8-22(9-10-26(18)24)17(23)21-16-20-12-15(25-16)11-13-3-5-14(19)6-4-13/h3-6,12H,7-11H2,1-2H3,(H,20,21,23). The number of carbonyl (C=O) groups excluding carboxylic acids is 1. The number of nitrogens with one attached hydrogen (secondary N) is 1. The second-order valence-corrected chi connectivity index (χ2v) is 10.2. The maximum absolute atomic E-state index is 13.0. The van der Waals surface area contributed by atoms with Crippen molar-refractivity contribution < 1.29 is 13.4 Å². The van der Waals surface area contributed by atoms with Gasteiger partial charge in [-0.1, -0.05) is 12.1 Å². The molecule has 1 aliphatic heterocycles. The van der Waals surface area contributed by atoms with Crippen LogP contribution in [0.1, 0.15) is 30.7 Å².